The van der Waals surface area contributed by atoms with Crippen molar-refractivity contribution in [2.24, 2.45) is 0 Å². The van der Waals surface area contributed by atoms with Crippen LogP contribution in [0.2, 0.25) is 5.02 Å². The molecule has 0 aliphatic carbocycles. The first-order chi connectivity index (χ1) is 12.5. The number of carbonyl (C=O) groups is 1. The second-order valence-electron chi connectivity index (χ2n) is 6.16. The summed E-state index contributed by atoms with van der Waals surface area (Å²) in [5, 5.41) is -0.0440. The number of hydrogen-bond acceptors (Lipinski definition) is 4. The van der Waals surface area contributed by atoms with E-state index in [4.69, 9.17) is 11.6 Å². The Balaban J connectivity index is 1.54. The molecule has 1 aliphatic rings. The van der Waals surface area contributed by atoms with Crippen molar-refractivity contribution in [3.63, 3.8) is 0 Å². The Kier molecular flexibility index (Phi) is 6.27. The number of nitrogens with zero attached hydrogens (tertiary/aromatic N) is 1. The molecular weight excluding hydrogens is 390 g/mol. The SMILES string of the molecule is O=C(CCSc1ccccc1)N1CCC(S(=O)(=O)c2ccc(Cl)cc2)C1. The molecule has 1 heterocycles. The van der Waals surface area contributed by atoms with Crippen molar-refractivity contribution in [2.45, 2.75) is 27.9 Å². The minimum Gasteiger partial charge on any atom is -0.341 e. The van der Waals surface area contributed by atoms with Gasteiger partial charge in [-0.1, -0.05) is 29.8 Å². The highest BCUT2D eigenvalue weighted by atomic mass is 35.5. The first kappa shape index (κ1) is 19.3. The van der Waals surface area contributed by atoms with Crippen LogP contribution in [0.1, 0.15) is 12.8 Å². The van der Waals surface area contributed by atoms with Crippen LogP contribution >= 0.6 is 23.4 Å². The summed E-state index contributed by atoms with van der Waals surface area (Å²) in [5.41, 5.74) is 0. The van der Waals surface area contributed by atoms with E-state index in [1.165, 1.54) is 12.1 Å². The monoisotopic (exact) mass is 409 g/mol. The van der Waals surface area contributed by atoms with Gasteiger partial charge in [-0.05, 0) is 42.8 Å². The van der Waals surface area contributed by atoms with Crippen LogP contribution in [0.4, 0.5) is 0 Å². The Labute approximate surface area is 163 Å². The third-order valence-corrected chi connectivity index (χ3v) is 7.86. The maximum Gasteiger partial charge on any atom is 0.223 e. The van der Waals surface area contributed by atoms with Crippen LogP contribution in [-0.4, -0.2) is 43.3 Å². The number of benzene rings is 2. The molecule has 26 heavy (non-hydrogen) atoms. The van der Waals surface area contributed by atoms with Crippen molar-refractivity contribution in [1.29, 1.82) is 0 Å². The lowest BCUT2D eigenvalue weighted by molar-refractivity contribution is -0.129. The first-order valence-corrected chi connectivity index (χ1v) is 11.3. The molecule has 138 valence electrons. The van der Waals surface area contributed by atoms with Crippen molar-refractivity contribution in [1.82, 2.24) is 4.90 Å². The predicted octanol–water partition coefficient (Wildman–Crippen LogP) is 3.90. The molecule has 0 N–H and O–H groups in total. The fourth-order valence-corrected chi connectivity index (χ4v) is 5.64. The third-order valence-electron chi connectivity index (χ3n) is 4.41. The van der Waals surface area contributed by atoms with Gasteiger partial charge < -0.3 is 4.90 Å². The minimum absolute atomic E-state index is 0.0160. The molecule has 0 bridgehead atoms. The number of carbonyl (C=O) groups excluding carboxylic acids is 1. The summed E-state index contributed by atoms with van der Waals surface area (Å²) in [6.07, 6.45) is 0.885. The Morgan fingerprint density at radius 1 is 1.12 bits per heavy atom. The summed E-state index contributed by atoms with van der Waals surface area (Å²) in [6, 6.07) is 16.1. The first-order valence-electron chi connectivity index (χ1n) is 8.42. The highest BCUT2D eigenvalue weighted by Crippen LogP contribution is 2.26. The van der Waals surface area contributed by atoms with E-state index in [2.05, 4.69) is 0 Å². The summed E-state index contributed by atoms with van der Waals surface area (Å²) in [5.74, 6) is 0.704. The normalized spacial score (nSPS) is 17.4. The zero-order valence-electron chi connectivity index (χ0n) is 14.2. The van der Waals surface area contributed by atoms with Gasteiger partial charge in [-0.2, -0.15) is 0 Å². The predicted molar refractivity (Wildman–Crippen MR) is 105 cm³/mol. The van der Waals surface area contributed by atoms with Crippen LogP contribution in [0.25, 0.3) is 0 Å². The summed E-state index contributed by atoms with van der Waals surface area (Å²) in [7, 11) is -3.44. The van der Waals surface area contributed by atoms with Gasteiger partial charge in [0.05, 0.1) is 10.1 Å². The van der Waals surface area contributed by atoms with E-state index in [1.54, 1.807) is 28.8 Å². The summed E-state index contributed by atoms with van der Waals surface area (Å²) in [4.78, 5) is 15.5. The summed E-state index contributed by atoms with van der Waals surface area (Å²) in [6.45, 7) is 0.756. The Morgan fingerprint density at radius 2 is 1.81 bits per heavy atom. The number of hydrogen-bond donors (Lipinski definition) is 0. The van der Waals surface area contributed by atoms with Gasteiger partial charge in [0, 0.05) is 35.2 Å². The molecule has 1 saturated heterocycles. The molecular formula is C19H20ClNO3S2. The Bertz CT molecular complexity index is 854. The fraction of sp³-hybridized carbons (Fsp3) is 0.316. The van der Waals surface area contributed by atoms with Crippen molar-refractivity contribution >= 4 is 39.1 Å². The lowest BCUT2D eigenvalue weighted by atomic mass is 10.4. The molecule has 7 heteroatoms. The maximum absolute atomic E-state index is 12.7. The van der Waals surface area contributed by atoms with Crippen molar-refractivity contribution < 1.29 is 13.2 Å². The molecule has 3 rings (SSSR count). The number of rotatable bonds is 6. The molecule has 1 atom stereocenters. The lowest BCUT2D eigenvalue weighted by Crippen LogP contribution is -2.32. The average molecular weight is 410 g/mol. The minimum atomic E-state index is -3.44. The molecule has 2 aromatic rings. The van der Waals surface area contributed by atoms with Gasteiger partial charge in [-0.15, -0.1) is 11.8 Å². The number of amides is 1. The van der Waals surface area contributed by atoms with Gasteiger partial charge >= 0.3 is 0 Å². The molecule has 0 aromatic heterocycles. The zero-order chi connectivity index (χ0) is 18.6. The highest BCUT2D eigenvalue weighted by Gasteiger charge is 2.35. The highest BCUT2D eigenvalue weighted by molar-refractivity contribution is 7.99. The van der Waals surface area contributed by atoms with E-state index < -0.39 is 15.1 Å². The second kappa shape index (κ2) is 8.46. The maximum atomic E-state index is 12.7. The van der Waals surface area contributed by atoms with Gasteiger partial charge in [0.15, 0.2) is 9.84 Å². The molecule has 0 radical (unpaired) electrons. The largest absolute Gasteiger partial charge is 0.341 e. The van der Waals surface area contributed by atoms with Gasteiger partial charge in [0.1, 0.15) is 0 Å². The quantitative estimate of drug-likeness (QED) is 0.679. The van der Waals surface area contributed by atoms with E-state index in [0.29, 0.717) is 30.2 Å². The Morgan fingerprint density at radius 3 is 2.50 bits per heavy atom. The zero-order valence-corrected chi connectivity index (χ0v) is 16.6. The molecule has 1 aliphatic heterocycles. The molecule has 1 amide bonds. The van der Waals surface area contributed by atoms with Gasteiger partial charge in [-0.3, -0.25) is 4.79 Å². The van der Waals surface area contributed by atoms with E-state index in [9.17, 15) is 13.2 Å². The van der Waals surface area contributed by atoms with Crippen molar-refractivity contribution in [3.05, 3.63) is 59.6 Å². The topological polar surface area (TPSA) is 54.5 Å². The number of halogens is 1. The van der Waals surface area contributed by atoms with Gasteiger partial charge in [-0.25, -0.2) is 8.42 Å². The Hall–Kier alpha value is -1.50. The van der Waals surface area contributed by atoms with E-state index in [0.717, 1.165) is 4.90 Å². The standard InChI is InChI=1S/C19H20ClNO3S2/c20-15-6-8-17(9-7-15)26(23,24)18-10-12-21(14-18)19(22)11-13-25-16-4-2-1-3-5-16/h1-9,18H,10-14H2. The molecule has 1 unspecified atom stereocenters. The van der Waals surface area contributed by atoms with E-state index in [1.807, 2.05) is 30.3 Å². The average Bonchev–Trinajstić information content (AvgIpc) is 3.14. The van der Waals surface area contributed by atoms with Crippen LogP contribution in [0.3, 0.4) is 0 Å². The number of likely N-dealkylation sites (tertiary alicyclic amines) is 1. The van der Waals surface area contributed by atoms with Crippen molar-refractivity contribution in [2.75, 3.05) is 18.8 Å². The molecule has 4 nitrogen and oxygen atoms in total. The molecule has 2 aromatic carbocycles. The number of sulfone groups is 1. The van der Waals surface area contributed by atoms with Crippen LogP contribution in [0, 0.1) is 0 Å². The van der Waals surface area contributed by atoms with Crippen LogP contribution in [-0.2, 0) is 14.6 Å². The van der Waals surface area contributed by atoms with Crippen LogP contribution < -0.4 is 0 Å². The smallest absolute Gasteiger partial charge is 0.223 e. The van der Waals surface area contributed by atoms with Crippen LogP contribution in [0.15, 0.2) is 64.4 Å². The second-order valence-corrected chi connectivity index (χ2v) is 9.99. The fourth-order valence-electron chi connectivity index (χ4n) is 2.96. The van der Waals surface area contributed by atoms with E-state index >= 15 is 0 Å². The van der Waals surface area contributed by atoms with E-state index in [-0.39, 0.29) is 17.3 Å². The molecule has 0 spiro atoms. The lowest BCUT2D eigenvalue weighted by Gasteiger charge is -2.17. The third kappa shape index (κ3) is 4.61. The van der Waals surface area contributed by atoms with Gasteiger partial charge in [0.25, 0.3) is 0 Å². The van der Waals surface area contributed by atoms with Crippen molar-refractivity contribution in [3.8, 4) is 0 Å². The summed E-state index contributed by atoms with van der Waals surface area (Å²) < 4.78 is 25.5. The number of thioether (sulfide) groups is 1. The van der Waals surface area contributed by atoms with Gasteiger partial charge in [0.2, 0.25) is 5.91 Å². The molecule has 1 fully saturated rings. The summed E-state index contributed by atoms with van der Waals surface area (Å²) >= 11 is 7.46. The molecule has 0 saturated carbocycles. The van der Waals surface area contributed by atoms with Crippen LogP contribution in [0.5, 0.6) is 0 Å².